The molecule has 2 aromatic heterocycles. The van der Waals surface area contributed by atoms with Crippen LogP contribution in [0.1, 0.15) is 5.82 Å². The number of methoxy groups -OCH3 is 1. The molecule has 0 saturated heterocycles. The number of nitrogens with zero attached hydrogens (tertiary/aromatic N) is 2. The minimum Gasteiger partial charge on any atom is -0.618 e. The number of H-pyrrole nitrogens is 1. The highest BCUT2D eigenvalue weighted by atomic mass is 32.2. The van der Waals surface area contributed by atoms with E-state index in [0.717, 1.165) is 17.3 Å². The van der Waals surface area contributed by atoms with E-state index in [-0.39, 0.29) is 22.9 Å². The molecule has 3 aromatic rings. The molecule has 0 spiro atoms. The average Bonchev–Trinajstić information content (AvgIpc) is 3.04. The maximum Gasteiger partial charge on any atom is 0.345 e. The Morgan fingerprint density at radius 3 is 2.80 bits per heavy atom. The van der Waals surface area contributed by atoms with Crippen LogP contribution in [0.25, 0.3) is 16.6 Å². The standard InChI is InChI=1S/C17H15N3O4S/c1-24-17(22)15(16-18-11-6-2-3-7-12(11)19-16)13(21)10-25-14-8-4-5-9-20(14)23/h2-9,21H,10H2,1H3,(H,18,19)/b15-13-. The van der Waals surface area contributed by atoms with Crippen LogP contribution >= 0.6 is 11.8 Å². The van der Waals surface area contributed by atoms with E-state index in [4.69, 9.17) is 4.74 Å². The predicted molar refractivity (Wildman–Crippen MR) is 93.8 cm³/mol. The molecule has 0 radical (unpaired) electrons. The van der Waals surface area contributed by atoms with Crippen molar-refractivity contribution in [3.63, 3.8) is 0 Å². The van der Waals surface area contributed by atoms with Gasteiger partial charge in [0.25, 0.3) is 5.03 Å². The van der Waals surface area contributed by atoms with E-state index >= 15 is 0 Å². The van der Waals surface area contributed by atoms with Crippen molar-refractivity contribution in [1.82, 2.24) is 9.97 Å². The number of carbonyl (C=O) groups is 1. The summed E-state index contributed by atoms with van der Waals surface area (Å²) in [4.78, 5) is 19.5. The van der Waals surface area contributed by atoms with E-state index < -0.39 is 5.97 Å². The number of aromatic amines is 1. The van der Waals surface area contributed by atoms with Gasteiger partial charge in [0.05, 0.1) is 23.9 Å². The number of hydrogen-bond acceptors (Lipinski definition) is 6. The van der Waals surface area contributed by atoms with Crippen LogP contribution in [0.5, 0.6) is 0 Å². The number of carbonyl (C=O) groups excluding carboxylic acids is 1. The number of hydrogen-bond donors (Lipinski definition) is 2. The molecule has 25 heavy (non-hydrogen) atoms. The Morgan fingerprint density at radius 2 is 2.08 bits per heavy atom. The van der Waals surface area contributed by atoms with Gasteiger partial charge in [-0.3, -0.25) is 0 Å². The number of aliphatic hydroxyl groups excluding tert-OH is 1. The summed E-state index contributed by atoms with van der Waals surface area (Å²) >= 11 is 1.11. The summed E-state index contributed by atoms with van der Waals surface area (Å²) in [5.74, 6) is -0.692. The highest BCUT2D eigenvalue weighted by Gasteiger charge is 2.22. The molecule has 0 bridgehead atoms. The van der Waals surface area contributed by atoms with Gasteiger partial charge in [0.2, 0.25) is 0 Å². The van der Waals surface area contributed by atoms with Crippen molar-refractivity contribution in [2.75, 3.05) is 12.9 Å². The van der Waals surface area contributed by atoms with Crippen LogP contribution in [0.3, 0.4) is 0 Å². The maximum atomic E-state index is 12.1. The second-order valence-electron chi connectivity index (χ2n) is 5.07. The third-order valence-electron chi connectivity index (χ3n) is 3.45. The van der Waals surface area contributed by atoms with Gasteiger partial charge in [-0.2, -0.15) is 4.73 Å². The normalized spacial score (nSPS) is 12.0. The van der Waals surface area contributed by atoms with Crippen molar-refractivity contribution in [2.45, 2.75) is 5.03 Å². The Balaban J connectivity index is 1.94. The highest BCUT2D eigenvalue weighted by molar-refractivity contribution is 7.99. The third kappa shape index (κ3) is 3.58. The number of fused-ring (bicyclic) bond motifs is 1. The van der Waals surface area contributed by atoms with Crippen LogP contribution < -0.4 is 4.73 Å². The van der Waals surface area contributed by atoms with Crippen LogP contribution in [0.15, 0.2) is 59.4 Å². The molecule has 0 aliphatic carbocycles. The summed E-state index contributed by atoms with van der Waals surface area (Å²) in [5.41, 5.74) is 1.35. The third-order valence-corrected chi connectivity index (χ3v) is 4.48. The lowest BCUT2D eigenvalue weighted by Crippen LogP contribution is -2.27. The number of thioether (sulfide) groups is 1. The lowest BCUT2D eigenvalue weighted by molar-refractivity contribution is -0.645. The molecule has 2 heterocycles. The zero-order valence-corrected chi connectivity index (χ0v) is 14.1. The van der Waals surface area contributed by atoms with Gasteiger partial charge in [0.1, 0.15) is 17.2 Å². The maximum absolute atomic E-state index is 12.1. The Bertz CT molecular complexity index is 919. The first kappa shape index (κ1) is 16.8. The molecule has 3 rings (SSSR count). The number of benzene rings is 1. The predicted octanol–water partition coefficient (Wildman–Crippen LogP) is 2.43. The number of ether oxygens (including phenoxy) is 1. The van der Waals surface area contributed by atoms with E-state index in [1.165, 1.54) is 13.3 Å². The minimum atomic E-state index is -0.708. The van der Waals surface area contributed by atoms with Crippen LogP contribution in [0.4, 0.5) is 0 Å². The fourth-order valence-electron chi connectivity index (χ4n) is 2.26. The lowest BCUT2D eigenvalue weighted by atomic mass is 10.2. The molecule has 1 aromatic carbocycles. The smallest absolute Gasteiger partial charge is 0.345 e. The molecule has 2 N–H and O–H groups in total. The number of para-hydroxylation sites is 2. The summed E-state index contributed by atoms with van der Waals surface area (Å²) in [6.07, 6.45) is 1.36. The monoisotopic (exact) mass is 357 g/mol. The second kappa shape index (κ2) is 7.27. The Labute approximate surface area is 147 Å². The van der Waals surface area contributed by atoms with Crippen molar-refractivity contribution < 1.29 is 19.4 Å². The van der Waals surface area contributed by atoms with Crippen LogP contribution in [-0.4, -0.2) is 33.9 Å². The van der Waals surface area contributed by atoms with Crippen molar-refractivity contribution in [3.8, 4) is 0 Å². The Kier molecular flexibility index (Phi) is 4.90. The van der Waals surface area contributed by atoms with Gasteiger partial charge in [-0.25, -0.2) is 9.78 Å². The molecule has 0 unspecified atom stereocenters. The van der Waals surface area contributed by atoms with Gasteiger partial charge < -0.3 is 20.0 Å². The molecule has 0 fully saturated rings. The molecule has 8 heteroatoms. The van der Waals surface area contributed by atoms with Gasteiger partial charge in [-0.05, 0) is 30.0 Å². The summed E-state index contributed by atoms with van der Waals surface area (Å²) in [6.45, 7) is 0. The van der Waals surface area contributed by atoms with Gasteiger partial charge in [0.15, 0.2) is 6.20 Å². The number of aromatic nitrogens is 3. The molecule has 0 amide bonds. The minimum absolute atomic E-state index is 0.0216. The number of pyridine rings is 1. The molecule has 7 nitrogen and oxygen atoms in total. The topological polar surface area (TPSA) is 102 Å². The average molecular weight is 357 g/mol. The van der Waals surface area contributed by atoms with Gasteiger partial charge in [-0.1, -0.05) is 12.1 Å². The first-order valence-electron chi connectivity index (χ1n) is 7.36. The summed E-state index contributed by atoms with van der Waals surface area (Å²) in [7, 11) is 1.23. The second-order valence-corrected chi connectivity index (χ2v) is 6.06. The van der Waals surface area contributed by atoms with Gasteiger partial charge in [0, 0.05) is 12.1 Å². The molecule has 0 aliphatic rings. The highest BCUT2D eigenvalue weighted by Crippen LogP contribution is 2.24. The fourth-order valence-corrected chi connectivity index (χ4v) is 3.06. The van der Waals surface area contributed by atoms with E-state index in [1.807, 2.05) is 18.2 Å². The van der Waals surface area contributed by atoms with Gasteiger partial charge >= 0.3 is 5.97 Å². The molecular weight excluding hydrogens is 342 g/mol. The number of esters is 1. The molecular formula is C17H15N3O4S. The molecule has 0 saturated carbocycles. The van der Waals surface area contributed by atoms with Crippen LogP contribution in [0, 0.1) is 5.21 Å². The summed E-state index contributed by atoms with van der Waals surface area (Å²) in [5, 5.41) is 22.5. The van der Waals surface area contributed by atoms with Crippen molar-refractivity contribution in [3.05, 3.63) is 65.5 Å². The molecule has 128 valence electrons. The SMILES string of the molecule is COC(=O)/C(=C(\O)CSc1cccc[n+]1[O-])c1nc2ccccc2[nH]1. The van der Waals surface area contributed by atoms with Crippen molar-refractivity contribution in [1.29, 1.82) is 0 Å². The van der Waals surface area contributed by atoms with Crippen molar-refractivity contribution in [2.24, 2.45) is 0 Å². The quantitative estimate of drug-likeness (QED) is 0.182. The number of aliphatic hydroxyl groups is 1. The first-order valence-corrected chi connectivity index (χ1v) is 8.35. The Hall–Kier alpha value is -3.00. The van der Waals surface area contributed by atoms with Gasteiger partial charge in [-0.15, -0.1) is 0 Å². The molecule has 0 aliphatic heterocycles. The summed E-state index contributed by atoms with van der Waals surface area (Å²) < 4.78 is 5.46. The molecule has 0 atom stereocenters. The largest absolute Gasteiger partial charge is 0.618 e. The van der Waals surface area contributed by atoms with E-state index in [1.54, 1.807) is 24.3 Å². The van der Waals surface area contributed by atoms with Crippen LogP contribution in [0.2, 0.25) is 0 Å². The lowest BCUT2D eigenvalue weighted by Gasteiger charge is -2.07. The number of imidazole rings is 1. The van der Waals surface area contributed by atoms with E-state index in [9.17, 15) is 15.1 Å². The zero-order valence-electron chi connectivity index (χ0n) is 13.3. The zero-order chi connectivity index (χ0) is 17.8. The van der Waals surface area contributed by atoms with E-state index in [0.29, 0.717) is 15.3 Å². The van der Waals surface area contributed by atoms with E-state index in [2.05, 4.69) is 9.97 Å². The first-order chi connectivity index (χ1) is 12.1. The summed E-state index contributed by atoms with van der Waals surface area (Å²) in [6, 6.07) is 12.2. The number of nitrogens with one attached hydrogen (secondary N) is 1. The fraction of sp³-hybridized carbons (Fsp3) is 0.118. The van der Waals surface area contributed by atoms with Crippen molar-refractivity contribution >= 4 is 34.3 Å². The van der Waals surface area contributed by atoms with Crippen LogP contribution in [-0.2, 0) is 9.53 Å². The Morgan fingerprint density at radius 1 is 1.32 bits per heavy atom. The number of rotatable bonds is 5.